The molecular formula is C24H27NO6. The van der Waals surface area contributed by atoms with E-state index in [1.165, 1.54) is 13.0 Å². The molecule has 0 fully saturated rings. The summed E-state index contributed by atoms with van der Waals surface area (Å²) in [6.45, 7) is 5.92. The van der Waals surface area contributed by atoms with Gasteiger partial charge in [-0.1, -0.05) is 0 Å². The third-order valence-electron chi connectivity index (χ3n) is 4.75. The van der Waals surface area contributed by atoms with Gasteiger partial charge in [-0.2, -0.15) is 0 Å². The first-order chi connectivity index (χ1) is 14.9. The average Bonchev–Trinajstić information content (AvgIpc) is 3.11. The number of amides is 1. The molecule has 1 aliphatic rings. The van der Waals surface area contributed by atoms with E-state index in [1.807, 2.05) is 26.0 Å². The minimum atomic E-state index is -0.963. The first-order valence-corrected chi connectivity index (χ1v) is 10.2. The molecule has 2 aromatic carbocycles. The number of hydrogen-bond acceptors (Lipinski definition) is 6. The van der Waals surface area contributed by atoms with Crippen molar-refractivity contribution >= 4 is 23.6 Å². The Morgan fingerprint density at radius 3 is 2.68 bits per heavy atom. The van der Waals surface area contributed by atoms with Gasteiger partial charge in [0.25, 0.3) is 5.91 Å². The second-order valence-corrected chi connectivity index (χ2v) is 7.19. The van der Waals surface area contributed by atoms with Crippen molar-refractivity contribution in [2.75, 3.05) is 19.0 Å². The Kier molecular flexibility index (Phi) is 7.18. The van der Waals surface area contributed by atoms with Gasteiger partial charge in [0.05, 0.1) is 13.7 Å². The highest BCUT2D eigenvalue weighted by atomic mass is 16.5. The Morgan fingerprint density at radius 1 is 1.26 bits per heavy atom. The maximum Gasteiger partial charge on any atom is 0.331 e. The Hall–Kier alpha value is -3.48. The van der Waals surface area contributed by atoms with E-state index in [9.17, 15) is 9.59 Å². The Balaban J connectivity index is 1.61. The fourth-order valence-corrected chi connectivity index (χ4v) is 3.21. The quantitative estimate of drug-likeness (QED) is 0.508. The third kappa shape index (κ3) is 5.78. The van der Waals surface area contributed by atoms with E-state index in [2.05, 4.69) is 5.32 Å². The summed E-state index contributed by atoms with van der Waals surface area (Å²) in [6.07, 6.45) is 2.85. The van der Waals surface area contributed by atoms with Gasteiger partial charge in [-0.05, 0) is 63.2 Å². The summed E-state index contributed by atoms with van der Waals surface area (Å²) in [6, 6.07) is 10.7. The van der Waals surface area contributed by atoms with Crippen LogP contribution in [-0.2, 0) is 20.7 Å². The van der Waals surface area contributed by atoms with Gasteiger partial charge in [0.15, 0.2) is 6.10 Å². The smallest absolute Gasteiger partial charge is 0.331 e. The number of hydrogen-bond donors (Lipinski definition) is 1. The van der Waals surface area contributed by atoms with E-state index in [0.717, 1.165) is 17.7 Å². The van der Waals surface area contributed by atoms with Crippen molar-refractivity contribution in [2.24, 2.45) is 0 Å². The maximum atomic E-state index is 12.3. The zero-order valence-corrected chi connectivity index (χ0v) is 18.1. The van der Waals surface area contributed by atoms with Crippen LogP contribution in [0.25, 0.3) is 6.08 Å². The van der Waals surface area contributed by atoms with E-state index < -0.39 is 18.0 Å². The number of nitrogens with one attached hydrogen (secondary N) is 1. The van der Waals surface area contributed by atoms with Gasteiger partial charge in [0, 0.05) is 29.3 Å². The molecule has 0 saturated carbocycles. The van der Waals surface area contributed by atoms with Crippen molar-refractivity contribution < 1.29 is 28.5 Å². The third-order valence-corrected chi connectivity index (χ3v) is 4.75. The van der Waals surface area contributed by atoms with Crippen molar-refractivity contribution in [1.82, 2.24) is 0 Å². The predicted octanol–water partition coefficient (Wildman–Crippen LogP) is 4.00. The van der Waals surface area contributed by atoms with Gasteiger partial charge in [0.1, 0.15) is 23.4 Å². The van der Waals surface area contributed by atoms with Crippen LogP contribution in [0.5, 0.6) is 17.2 Å². The molecule has 1 heterocycles. The number of methoxy groups -OCH3 is 1. The second kappa shape index (κ2) is 10.0. The summed E-state index contributed by atoms with van der Waals surface area (Å²) < 4.78 is 21.8. The molecule has 2 atom stereocenters. The summed E-state index contributed by atoms with van der Waals surface area (Å²) in [4.78, 5) is 24.5. The molecule has 2 aromatic rings. The summed E-state index contributed by atoms with van der Waals surface area (Å²) in [5.74, 6) is 1.08. The normalized spacial score (nSPS) is 15.7. The molecule has 31 heavy (non-hydrogen) atoms. The largest absolute Gasteiger partial charge is 0.497 e. The molecule has 0 saturated heterocycles. The van der Waals surface area contributed by atoms with Crippen LogP contribution in [0, 0.1) is 0 Å². The molecule has 0 bridgehead atoms. The summed E-state index contributed by atoms with van der Waals surface area (Å²) in [5, 5.41) is 2.70. The summed E-state index contributed by atoms with van der Waals surface area (Å²) in [5.41, 5.74) is 2.37. The summed E-state index contributed by atoms with van der Waals surface area (Å²) >= 11 is 0. The van der Waals surface area contributed by atoms with Gasteiger partial charge < -0.3 is 24.3 Å². The van der Waals surface area contributed by atoms with Crippen molar-refractivity contribution in [3.63, 3.8) is 0 Å². The molecule has 3 rings (SSSR count). The van der Waals surface area contributed by atoms with Gasteiger partial charge >= 0.3 is 5.97 Å². The average molecular weight is 425 g/mol. The van der Waals surface area contributed by atoms with Crippen LogP contribution in [-0.4, -0.2) is 37.8 Å². The summed E-state index contributed by atoms with van der Waals surface area (Å²) in [7, 11) is 1.57. The molecule has 1 amide bonds. The standard InChI is InChI=1S/C24H27NO6/c1-5-29-21-14-18-12-15(2)30-22(18)13-17(21)6-11-23(26)31-16(3)24(27)25-19-7-9-20(28-4)10-8-19/h6-11,13-16H,5,12H2,1-4H3,(H,25,27)/b11-6+/t15-,16+/m0/s1. The first-order valence-electron chi connectivity index (χ1n) is 10.2. The fraction of sp³-hybridized carbons (Fsp3) is 0.333. The fourth-order valence-electron chi connectivity index (χ4n) is 3.21. The molecule has 0 spiro atoms. The molecule has 0 unspecified atom stereocenters. The number of ether oxygens (including phenoxy) is 4. The van der Waals surface area contributed by atoms with Crippen LogP contribution in [0.4, 0.5) is 5.69 Å². The number of esters is 1. The number of rotatable bonds is 8. The van der Waals surface area contributed by atoms with Gasteiger partial charge in [-0.25, -0.2) is 4.79 Å². The van der Waals surface area contributed by atoms with Crippen molar-refractivity contribution in [2.45, 2.75) is 39.4 Å². The predicted molar refractivity (Wildman–Crippen MR) is 118 cm³/mol. The van der Waals surface area contributed by atoms with Crippen LogP contribution in [0.1, 0.15) is 31.9 Å². The molecular weight excluding hydrogens is 398 g/mol. The lowest BCUT2D eigenvalue weighted by atomic mass is 10.1. The van der Waals surface area contributed by atoms with Crippen LogP contribution < -0.4 is 19.5 Å². The lowest BCUT2D eigenvalue weighted by Gasteiger charge is -2.13. The molecule has 1 aliphatic heterocycles. The van der Waals surface area contributed by atoms with E-state index >= 15 is 0 Å². The van der Waals surface area contributed by atoms with Crippen molar-refractivity contribution in [3.05, 3.63) is 53.6 Å². The number of benzene rings is 2. The minimum absolute atomic E-state index is 0.110. The number of fused-ring (bicyclic) bond motifs is 1. The Morgan fingerprint density at radius 2 is 2.00 bits per heavy atom. The van der Waals surface area contributed by atoms with Crippen LogP contribution in [0.2, 0.25) is 0 Å². The van der Waals surface area contributed by atoms with E-state index in [-0.39, 0.29) is 6.10 Å². The molecule has 164 valence electrons. The first kappa shape index (κ1) is 22.2. The zero-order chi connectivity index (χ0) is 22.4. The number of carbonyl (C=O) groups excluding carboxylic acids is 2. The van der Waals surface area contributed by atoms with E-state index in [4.69, 9.17) is 18.9 Å². The van der Waals surface area contributed by atoms with Crippen LogP contribution in [0.15, 0.2) is 42.5 Å². The highest BCUT2D eigenvalue weighted by Crippen LogP contribution is 2.35. The maximum absolute atomic E-state index is 12.3. The molecule has 0 aliphatic carbocycles. The van der Waals surface area contributed by atoms with E-state index in [1.54, 1.807) is 37.5 Å². The van der Waals surface area contributed by atoms with Gasteiger partial charge in [0.2, 0.25) is 0 Å². The van der Waals surface area contributed by atoms with Crippen molar-refractivity contribution in [3.8, 4) is 17.2 Å². The van der Waals surface area contributed by atoms with Gasteiger partial charge in [-0.15, -0.1) is 0 Å². The number of carbonyl (C=O) groups is 2. The Labute approximate surface area is 181 Å². The molecule has 7 nitrogen and oxygen atoms in total. The van der Waals surface area contributed by atoms with Crippen molar-refractivity contribution in [1.29, 1.82) is 0 Å². The molecule has 0 aromatic heterocycles. The molecule has 0 radical (unpaired) electrons. The van der Waals surface area contributed by atoms with Crippen LogP contribution >= 0.6 is 0 Å². The highest BCUT2D eigenvalue weighted by Gasteiger charge is 2.21. The minimum Gasteiger partial charge on any atom is -0.497 e. The lowest BCUT2D eigenvalue weighted by molar-refractivity contribution is -0.148. The second-order valence-electron chi connectivity index (χ2n) is 7.19. The highest BCUT2D eigenvalue weighted by molar-refractivity contribution is 5.96. The monoisotopic (exact) mass is 425 g/mol. The van der Waals surface area contributed by atoms with Crippen LogP contribution in [0.3, 0.4) is 0 Å². The SMILES string of the molecule is CCOc1cc2c(cc1/C=C/C(=O)O[C@H](C)C(=O)Nc1ccc(OC)cc1)O[C@@H](C)C2. The van der Waals surface area contributed by atoms with Gasteiger partial charge in [-0.3, -0.25) is 4.79 Å². The topological polar surface area (TPSA) is 83.1 Å². The molecule has 1 N–H and O–H groups in total. The molecule has 7 heteroatoms. The van der Waals surface area contributed by atoms with E-state index in [0.29, 0.717) is 29.4 Å². The zero-order valence-electron chi connectivity index (χ0n) is 18.1. The lowest BCUT2D eigenvalue weighted by Crippen LogP contribution is -2.29. The Bertz CT molecular complexity index is 967. The number of anilines is 1.